The first-order valence-electron chi connectivity index (χ1n) is 27.3. The summed E-state index contributed by atoms with van der Waals surface area (Å²) >= 11 is 0. The molecule has 464 valence electrons. The number of carbonyl (C=O) groups is 8. The first-order chi connectivity index (χ1) is 42.1. The van der Waals surface area contributed by atoms with E-state index in [0.717, 1.165) is 82.0 Å². The second kappa shape index (κ2) is 40.6. The molecule has 0 heterocycles. The molecule has 0 N–H and O–H groups in total. The van der Waals surface area contributed by atoms with Gasteiger partial charge in [0.15, 0.2) is 0 Å². The molecule has 0 atom stereocenters. The quantitative estimate of drug-likeness (QED) is 0.0132. The third-order valence-corrected chi connectivity index (χ3v) is 12.0. The highest BCUT2D eigenvalue weighted by Gasteiger charge is 2.25. The summed E-state index contributed by atoms with van der Waals surface area (Å²) in [6.07, 6.45) is 10.2. The molecule has 0 aliphatic heterocycles. The van der Waals surface area contributed by atoms with Crippen molar-refractivity contribution in [1.82, 2.24) is 0 Å². The number of hydrogen-bond donors (Lipinski definition) is 0. The molecular weight excluding hydrogens is 1130 g/mol. The van der Waals surface area contributed by atoms with Crippen LogP contribution in [0, 0.1) is 0 Å². The standard InChI is InChI=1S/C25H28O6.C21H20O4.C14H14O4.C10H14O4/c1-5-23(26)30-17-15-28-21-11-7-19(8-12-21)25(3,4)20-9-13-22(14-10-20)29-16-18-31-24(27)6-2;1-5-19(22)24-17-11-7-15(8-12-17)21(3,4)16-9-13-18(14-10-16)25-20(23)6-2;1-3-13(15)17-9-11-6-5-7-12(8-11)10-18-14(16)4-2;1-3-9(11)13-7-5-6-8-14-10(12)4-2/h5-14H,1-2,15-18H2,3-4H3;5-14H,1-2H2,3-4H3;3-8H,1-2,9-10H2;3-4H,1-2,5-8H2. The highest BCUT2D eigenvalue weighted by atomic mass is 16.6. The van der Waals surface area contributed by atoms with Gasteiger partial charge >= 0.3 is 47.8 Å². The van der Waals surface area contributed by atoms with Crippen LogP contribution in [0.4, 0.5) is 0 Å². The van der Waals surface area contributed by atoms with Gasteiger partial charge in [0.05, 0.1) is 13.2 Å². The highest BCUT2D eigenvalue weighted by molar-refractivity contribution is 5.84. The zero-order valence-electron chi connectivity index (χ0n) is 50.2. The lowest BCUT2D eigenvalue weighted by molar-refractivity contribution is -0.140. The number of hydrogen-bond acceptors (Lipinski definition) is 18. The fraction of sp³-hybridized carbons (Fsp3) is 0.229. The Balaban J connectivity index is 0.000000417. The van der Waals surface area contributed by atoms with Crippen LogP contribution in [0.15, 0.2) is 223 Å². The van der Waals surface area contributed by atoms with E-state index < -0.39 is 47.8 Å². The Morgan fingerprint density at radius 3 is 0.841 bits per heavy atom. The number of ether oxygens (including phenoxy) is 10. The van der Waals surface area contributed by atoms with Gasteiger partial charge in [-0.05, 0) is 101 Å². The summed E-state index contributed by atoms with van der Waals surface area (Å²) in [6.45, 7) is 36.9. The van der Waals surface area contributed by atoms with Gasteiger partial charge in [-0.15, -0.1) is 0 Å². The number of esters is 8. The minimum Gasteiger partial charge on any atom is -0.490 e. The zero-order valence-corrected chi connectivity index (χ0v) is 50.2. The second-order valence-corrected chi connectivity index (χ2v) is 18.9. The number of benzene rings is 5. The Kier molecular flexibility index (Phi) is 33.9. The summed E-state index contributed by atoms with van der Waals surface area (Å²) in [7, 11) is 0. The van der Waals surface area contributed by atoms with Crippen molar-refractivity contribution in [2.24, 2.45) is 0 Å². The van der Waals surface area contributed by atoms with E-state index in [1.54, 1.807) is 36.4 Å². The van der Waals surface area contributed by atoms with Crippen LogP contribution in [0.25, 0.3) is 0 Å². The first-order valence-corrected chi connectivity index (χ1v) is 27.3. The van der Waals surface area contributed by atoms with Gasteiger partial charge in [0.25, 0.3) is 0 Å². The summed E-state index contributed by atoms with van der Waals surface area (Å²) in [4.78, 5) is 87.4. The molecule has 0 aromatic heterocycles. The summed E-state index contributed by atoms with van der Waals surface area (Å²) in [5.74, 6) is -1.38. The lowest BCUT2D eigenvalue weighted by Crippen LogP contribution is -2.19. The smallest absolute Gasteiger partial charge is 0.335 e. The minimum atomic E-state index is -0.489. The van der Waals surface area contributed by atoms with E-state index in [1.165, 1.54) is 0 Å². The van der Waals surface area contributed by atoms with Crippen molar-refractivity contribution in [3.63, 3.8) is 0 Å². The van der Waals surface area contributed by atoms with Crippen LogP contribution in [-0.4, -0.2) is 87.4 Å². The number of carbonyl (C=O) groups excluding carboxylic acids is 8. The molecule has 0 spiro atoms. The maximum absolute atomic E-state index is 11.2. The Bertz CT molecular complexity index is 2940. The molecule has 0 saturated carbocycles. The summed E-state index contributed by atoms with van der Waals surface area (Å²) in [6, 6.07) is 37.5. The molecule has 18 heteroatoms. The molecule has 0 radical (unpaired) electrons. The predicted octanol–water partition coefficient (Wildman–Crippen LogP) is 11.8. The average Bonchev–Trinajstić information content (AvgIpc) is 2.17. The Labute approximate surface area is 514 Å². The highest BCUT2D eigenvalue weighted by Crippen LogP contribution is 2.35. The molecule has 0 fully saturated rings. The second-order valence-electron chi connectivity index (χ2n) is 18.9. The van der Waals surface area contributed by atoms with Gasteiger partial charge in [-0.2, -0.15) is 0 Å². The maximum Gasteiger partial charge on any atom is 0.335 e. The van der Waals surface area contributed by atoms with Crippen molar-refractivity contribution >= 4 is 47.8 Å². The molecule has 5 aromatic rings. The molecule has 5 rings (SSSR count). The van der Waals surface area contributed by atoms with Crippen molar-refractivity contribution in [2.45, 2.75) is 64.6 Å². The average molecular weight is 1210 g/mol. The maximum atomic E-state index is 11.2. The Morgan fingerprint density at radius 1 is 0.318 bits per heavy atom. The first kappa shape index (κ1) is 73.5. The molecule has 0 amide bonds. The van der Waals surface area contributed by atoms with Gasteiger partial charge in [0.1, 0.15) is 62.6 Å². The monoisotopic (exact) mass is 1200 g/mol. The molecule has 0 aliphatic rings. The van der Waals surface area contributed by atoms with E-state index >= 15 is 0 Å². The molecule has 18 nitrogen and oxygen atoms in total. The SMILES string of the molecule is C=CC(=O)OCCCCOC(=O)C=C.C=CC(=O)OCCOc1ccc(C(C)(C)c2ccc(OCCOC(=O)C=C)cc2)cc1.C=CC(=O)OCc1cccc(COC(=O)C=C)c1.C=CC(=O)Oc1ccc(C(C)(C)c2ccc(OC(=O)C=C)cc2)cc1. The van der Waals surface area contributed by atoms with Gasteiger partial charge in [-0.1, -0.05) is 147 Å². The van der Waals surface area contributed by atoms with Crippen LogP contribution in [-0.2, 0) is 90.8 Å². The van der Waals surface area contributed by atoms with Gasteiger partial charge in [0, 0.05) is 59.4 Å². The molecule has 0 unspecified atom stereocenters. The summed E-state index contributed by atoms with van der Waals surface area (Å²) in [5, 5.41) is 0. The van der Waals surface area contributed by atoms with E-state index in [4.69, 9.17) is 47.4 Å². The van der Waals surface area contributed by atoms with Crippen molar-refractivity contribution < 1.29 is 85.7 Å². The fourth-order valence-corrected chi connectivity index (χ4v) is 7.09. The van der Waals surface area contributed by atoms with Crippen LogP contribution in [0.5, 0.6) is 23.0 Å². The van der Waals surface area contributed by atoms with Crippen molar-refractivity contribution in [3.8, 4) is 23.0 Å². The van der Waals surface area contributed by atoms with Gasteiger partial charge in [0.2, 0.25) is 0 Å². The fourth-order valence-electron chi connectivity index (χ4n) is 7.09. The van der Waals surface area contributed by atoms with Crippen molar-refractivity contribution in [3.05, 3.63) is 256 Å². The Morgan fingerprint density at radius 2 is 0.568 bits per heavy atom. The van der Waals surface area contributed by atoms with Gasteiger partial charge in [-0.3, -0.25) is 0 Å². The normalized spacial score (nSPS) is 10.1. The zero-order chi connectivity index (χ0) is 65.3. The van der Waals surface area contributed by atoms with Crippen molar-refractivity contribution in [2.75, 3.05) is 39.6 Å². The molecule has 0 aliphatic carbocycles. The summed E-state index contributed by atoms with van der Waals surface area (Å²) in [5.41, 5.74) is 5.50. The van der Waals surface area contributed by atoms with Gasteiger partial charge in [-0.25, -0.2) is 38.4 Å². The van der Waals surface area contributed by atoms with E-state index in [9.17, 15) is 38.4 Å². The number of unbranched alkanes of at least 4 members (excludes halogenated alkanes) is 1. The lowest BCUT2D eigenvalue weighted by atomic mass is 9.78. The number of rotatable bonds is 31. The van der Waals surface area contributed by atoms with E-state index in [-0.39, 0.29) is 50.5 Å². The van der Waals surface area contributed by atoms with E-state index in [1.807, 2.05) is 84.9 Å². The molecule has 0 saturated heterocycles. The molecule has 88 heavy (non-hydrogen) atoms. The molecule has 0 bridgehead atoms. The third kappa shape index (κ3) is 28.8. The van der Waals surface area contributed by atoms with Gasteiger partial charge < -0.3 is 47.4 Å². The van der Waals surface area contributed by atoms with Crippen LogP contribution < -0.4 is 18.9 Å². The Hall–Kier alpha value is -10.6. The summed E-state index contributed by atoms with van der Waals surface area (Å²) < 4.78 is 50.3. The minimum absolute atomic E-state index is 0.161. The van der Waals surface area contributed by atoms with Crippen molar-refractivity contribution in [1.29, 1.82) is 0 Å². The molecule has 5 aromatic carbocycles. The molecular formula is C70H76O18. The van der Waals surface area contributed by atoms with Crippen LogP contribution in [0.2, 0.25) is 0 Å². The van der Waals surface area contributed by atoms with Crippen LogP contribution in [0.1, 0.15) is 73.9 Å². The van der Waals surface area contributed by atoms with E-state index in [0.29, 0.717) is 49.1 Å². The lowest BCUT2D eigenvalue weighted by Gasteiger charge is -2.26. The largest absolute Gasteiger partial charge is 0.490 e. The van der Waals surface area contributed by atoms with E-state index in [2.05, 4.69) is 80.3 Å². The third-order valence-electron chi connectivity index (χ3n) is 12.0. The van der Waals surface area contributed by atoms with Crippen LogP contribution >= 0.6 is 0 Å². The predicted molar refractivity (Wildman–Crippen MR) is 333 cm³/mol. The van der Waals surface area contributed by atoms with Crippen LogP contribution in [0.3, 0.4) is 0 Å². The topological polar surface area (TPSA) is 229 Å².